The van der Waals surface area contributed by atoms with Crippen molar-refractivity contribution in [1.82, 2.24) is 0 Å². The van der Waals surface area contributed by atoms with Crippen LogP contribution in [0.15, 0.2) is 83.8 Å². The monoisotopic (exact) mass is 474 g/mol. The van der Waals surface area contributed by atoms with Crippen LogP contribution in [-0.2, 0) is 14.8 Å². The van der Waals surface area contributed by atoms with E-state index in [0.29, 0.717) is 11.3 Å². The quantitative estimate of drug-likeness (QED) is 0.382. The molecule has 0 unspecified atom stereocenters. The molecule has 0 aromatic heterocycles. The average Bonchev–Trinajstić information content (AvgIpc) is 3.34. The second kappa shape index (κ2) is 8.65. The van der Waals surface area contributed by atoms with Gasteiger partial charge in [0.1, 0.15) is 0 Å². The van der Waals surface area contributed by atoms with Crippen LogP contribution in [0.3, 0.4) is 0 Å². The second-order valence-electron chi connectivity index (χ2n) is 8.81. The number of ether oxygens (including phenoxy) is 1. The molecule has 3 atom stereocenters. The molecule has 34 heavy (non-hydrogen) atoms. The molecule has 5 rings (SSSR count). The lowest BCUT2D eigenvalue weighted by atomic mass is 9.77. The smallest absolute Gasteiger partial charge is 0.337 e. The number of rotatable bonds is 5. The van der Waals surface area contributed by atoms with E-state index >= 15 is 0 Å². The maximum absolute atomic E-state index is 13.1. The Hall–Kier alpha value is -3.58. The van der Waals surface area contributed by atoms with Gasteiger partial charge in [0.15, 0.2) is 0 Å². The van der Waals surface area contributed by atoms with Gasteiger partial charge in [-0.05, 0) is 72.9 Å². The Morgan fingerprint density at radius 1 is 1.03 bits per heavy atom. The van der Waals surface area contributed by atoms with Crippen molar-refractivity contribution in [3.05, 3.63) is 101 Å². The molecule has 1 heterocycles. The number of fused-ring (bicyclic) bond motifs is 3. The lowest BCUT2D eigenvalue weighted by molar-refractivity contribution is 0.0600. The SMILES string of the molecule is COC(=O)c1ccc([C@@H]2Nc3ccc(S(=O)(=O)Nc4ccc(C)cc4)cc3[C@@H]3C=CC[C@@H]32)cc1. The molecule has 2 N–H and O–H groups in total. The lowest BCUT2D eigenvalue weighted by Crippen LogP contribution is -2.29. The highest BCUT2D eigenvalue weighted by atomic mass is 32.2. The van der Waals surface area contributed by atoms with E-state index in [1.54, 1.807) is 36.4 Å². The van der Waals surface area contributed by atoms with Gasteiger partial charge in [0.05, 0.1) is 23.6 Å². The summed E-state index contributed by atoms with van der Waals surface area (Å²) >= 11 is 0. The molecular weight excluding hydrogens is 448 g/mol. The number of carbonyl (C=O) groups is 1. The predicted octanol–water partition coefficient (Wildman–Crippen LogP) is 5.41. The van der Waals surface area contributed by atoms with Crippen LogP contribution in [0.2, 0.25) is 0 Å². The summed E-state index contributed by atoms with van der Waals surface area (Å²) in [6.45, 7) is 1.96. The van der Waals surface area contributed by atoms with E-state index in [1.165, 1.54) is 7.11 Å². The molecule has 0 saturated heterocycles. The number of benzene rings is 3. The standard InChI is InChI=1S/C27H26N2O4S/c1-17-6-12-20(13-7-17)29-34(31,32)21-14-15-25-24(16-21)22-4-3-5-23(22)26(28-25)18-8-10-19(11-9-18)27(30)33-2/h3-4,6-16,22-23,26,28-29H,5H2,1-2H3/t22-,23+,26+/m1/s1. The fraction of sp³-hybridized carbons (Fsp3) is 0.222. The van der Waals surface area contributed by atoms with E-state index in [4.69, 9.17) is 4.74 Å². The first-order valence-corrected chi connectivity index (χ1v) is 12.7. The van der Waals surface area contributed by atoms with E-state index in [2.05, 4.69) is 22.2 Å². The summed E-state index contributed by atoms with van der Waals surface area (Å²) < 4.78 is 33.6. The van der Waals surface area contributed by atoms with Crippen LogP contribution in [-0.4, -0.2) is 21.5 Å². The molecule has 7 heteroatoms. The van der Waals surface area contributed by atoms with Gasteiger partial charge in [-0.1, -0.05) is 42.0 Å². The fourth-order valence-corrected chi connectivity index (χ4v) is 5.94. The summed E-state index contributed by atoms with van der Waals surface area (Å²) in [4.78, 5) is 12.0. The number of hydrogen-bond donors (Lipinski definition) is 2. The van der Waals surface area contributed by atoms with Crippen molar-refractivity contribution in [2.24, 2.45) is 5.92 Å². The number of hydrogen-bond acceptors (Lipinski definition) is 5. The van der Waals surface area contributed by atoms with Gasteiger partial charge < -0.3 is 10.1 Å². The third-order valence-electron chi connectivity index (χ3n) is 6.64. The van der Waals surface area contributed by atoms with Gasteiger partial charge in [0.25, 0.3) is 10.0 Å². The van der Waals surface area contributed by atoms with Crippen LogP contribution in [0.1, 0.15) is 45.4 Å². The summed E-state index contributed by atoms with van der Waals surface area (Å²) in [6.07, 6.45) is 5.22. The Bertz CT molecular complexity index is 1360. The van der Waals surface area contributed by atoms with Crippen LogP contribution in [0.4, 0.5) is 11.4 Å². The summed E-state index contributed by atoms with van der Waals surface area (Å²) in [5.41, 5.74) is 5.10. The summed E-state index contributed by atoms with van der Waals surface area (Å²) in [7, 11) is -2.34. The van der Waals surface area contributed by atoms with E-state index in [0.717, 1.165) is 28.8 Å². The third-order valence-corrected chi connectivity index (χ3v) is 8.02. The number of methoxy groups -OCH3 is 1. The Kier molecular flexibility index (Phi) is 5.65. The topological polar surface area (TPSA) is 84.5 Å². The first-order valence-electron chi connectivity index (χ1n) is 11.2. The Morgan fingerprint density at radius 2 is 1.76 bits per heavy atom. The van der Waals surface area contributed by atoms with Crippen molar-refractivity contribution in [2.45, 2.75) is 30.2 Å². The van der Waals surface area contributed by atoms with Gasteiger partial charge in [0, 0.05) is 17.3 Å². The normalized spacial score (nSPS) is 20.7. The summed E-state index contributed by atoms with van der Waals surface area (Å²) in [5.74, 6) is -0.00237. The first kappa shape index (κ1) is 22.2. The predicted molar refractivity (Wildman–Crippen MR) is 133 cm³/mol. The maximum Gasteiger partial charge on any atom is 0.337 e. The Morgan fingerprint density at radius 3 is 2.47 bits per heavy atom. The molecule has 2 aliphatic rings. The largest absolute Gasteiger partial charge is 0.465 e. The zero-order valence-corrected chi connectivity index (χ0v) is 19.8. The minimum absolute atomic E-state index is 0.0485. The maximum atomic E-state index is 13.1. The average molecular weight is 475 g/mol. The Balaban J connectivity index is 1.44. The van der Waals surface area contributed by atoms with Gasteiger partial charge in [-0.2, -0.15) is 0 Å². The van der Waals surface area contributed by atoms with Crippen molar-refractivity contribution in [1.29, 1.82) is 0 Å². The Labute approximate surface area is 199 Å². The molecule has 0 radical (unpaired) electrons. The number of nitrogens with one attached hydrogen (secondary N) is 2. The van der Waals surface area contributed by atoms with Crippen molar-refractivity contribution in [2.75, 3.05) is 17.1 Å². The molecule has 3 aromatic rings. The number of anilines is 2. The number of sulfonamides is 1. The minimum atomic E-state index is -3.72. The van der Waals surface area contributed by atoms with Crippen LogP contribution in [0, 0.1) is 12.8 Å². The van der Waals surface area contributed by atoms with Gasteiger partial charge in [0.2, 0.25) is 0 Å². The van der Waals surface area contributed by atoms with Gasteiger partial charge in [-0.25, -0.2) is 13.2 Å². The molecule has 3 aromatic carbocycles. The molecule has 6 nitrogen and oxygen atoms in total. The molecule has 1 aliphatic carbocycles. The molecule has 0 bridgehead atoms. The number of esters is 1. The van der Waals surface area contributed by atoms with E-state index in [-0.39, 0.29) is 28.7 Å². The zero-order chi connectivity index (χ0) is 23.9. The molecule has 0 amide bonds. The van der Waals surface area contributed by atoms with Crippen LogP contribution in [0.5, 0.6) is 0 Å². The fourth-order valence-electron chi connectivity index (χ4n) is 4.85. The van der Waals surface area contributed by atoms with Crippen molar-refractivity contribution >= 4 is 27.4 Å². The first-order chi connectivity index (χ1) is 16.4. The highest BCUT2D eigenvalue weighted by molar-refractivity contribution is 7.92. The minimum Gasteiger partial charge on any atom is -0.465 e. The number of allylic oxidation sites excluding steroid dienone is 2. The van der Waals surface area contributed by atoms with Crippen molar-refractivity contribution in [3.63, 3.8) is 0 Å². The molecule has 0 fully saturated rings. The highest BCUT2D eigenvalue weighted by Crippen LogP contribution is 2.50. The van der Waals surface area contributed by atoms with Crippen LogP contribution >= 0.6 is 0 Å². The molecule has 1 aliphatic heterocycles. The zero-order valence-electron chi connectivity index (χ0n) is 19.0. The van der Waals surface area contributed by atoms with Crippen LogP contribution in [0.25, 0.3) is 0 Å². The van der Waals surface area contributed by atoms with E-state index in [9.17, 15) is 13.2 Å². The lowest BCUT2D eigenvalue weighted by Gasteiger charge is -2.37. The molecule has 0 spiro atoms. The highest BCUT2D eigenvalue weighted by Gasteiger charge is 2.38. The number of carbonyl (C=O) groups excluding carboxylic acids is 1. The summed E-state index contributed by atoms with van der Waals surface area (Å²) in [5, 5.41) is 3.61. The third kappa shape index (κ3) is 4.07. The molecular formula is C27H26N2O4S. The molecule has 174 valence electrons. The van der Waals surface area contributed by atoms with Gasteiger partial charge in [-0.15, -0.1) is 0 Å². The van der Waals surface area contributed by atoms with E-state index in [1.807, 2.05) is 37.3 Å². The van der Waals surface area contributed by atoms with Crippen molar-refractivity contribution in [3.8, 4) is 0 Å². The van der Waals surface area contributed by atoms with E-state index < -0.39 is 10.0 Å². The molecule has 0 saturated carbocycles. The second-order valence-corrected chi connectivity index (χ2v) is 10.5. The van der Waals surface area contributed by atoms with Crippen molar-refractivity contribution < 1.29 is 17.9 Å². The van der Waals surface area contributed by atoms with Crippen LogP contribution < -0.4 is 10.0 Å². The van der Waals surface area contributed by atoms with Gasteiger partial charge >= 0.3 is 5.97 Å². The van der Waals surface area contributed by atoms with Gasteiger partial charge in [-0.3, -0.25) is 4.72 Å². The number of aryl methyl sites for hydroxylation is 1. The summed E-state index contributed by atoms with van der Waals surface area (Å²) in [6, 6.07) is 20.1.